The second-order valence-electron chi connectivity index (χ2n) is 5.91. The molecule has 0 aliphatic carbocycles. The Morgan fingerprint density at radius 1 is 1.31 bits per heavy atom. The van der Waals surface area contributed by atoms with E-state index in [1.54, 1.807) is 0 Å². The quantitative estimate of drug-likeness (QED) is 0.689. The van der Waals surface area contributed by atoms with Crippen LogP contribution in [0.2, 0.25) is 0 Å². The topological polar surface area (TPSA) is 104 Å². The summed E-state index contributed by atoms with van der Waals surface area (Å²) in [4.78, 5) is 40.6. The van der Waals surface area contributed by atoms with E-state index >= 15 is 0 Å². The molecule has 3 rings (SSSR count). The van der Waals surface area contributed by atoms with Crippen LogP contribution in [-0.2, 0) is 20.9 Å². The van der Waals surface area contributed by atoms with E-state index in [-0.39, 0.29) is 12.1 Å². The Balaban J connectivity index is 1.96. The largest absolute Gasteiger partial charge is 0.451 e. The zero-order valence-corrected chi connectivity index (χ0v) is 15.1. The third-order valence-electron chi connectivity index (χ3n) is 3.93. The number of carbonyl (C=O) groups excluding carboxylic acids is 2. The number of ether oxygens (including phenoxy) is 1. The second kappa shape index (κ2) is 7.09. The molecule has 0 fully saturated rings. The van der Waals surface area contributed by atoms with E-state index in [1.165, 1.54) is 29.2 Å². The fourth-order valence-corrected chi connectivity index (χ4v) is 3.36. The Hall–Kier alpha value is -3.00. The highest BCUT2D eigenvalue weighted by Crippen LogP contribution is 2.30. The van der Waals surface area contributed by atoms with Crippen LogP contribution in [0.1, 0.15) is 12.5 Å². The summed E-state index contributed by atoms with van der Waals surface area (Å²) in [6, 6.07) is 7.82. The molecular weight excluding hydrogens is 354 g/mol. The van der Waals surface area contributed by atoms with Crippen LogP contribution in [0.5, 0.6) is 0 Å². The molecule has 26 heavy (non-hydrogen) atoms. The van der Waals surface area contributed by atoms with Gasteiger partial charge in [-0.3, -0.25) is 19.0 Å². The molecule has 0 radical (unpaired) electrons. The lowest BCUT2D eigenvalue weighted by Crippen LogP contribution is -2.33. The van der Waals surface area contributed by atoms with E-state index in [4.69, 9.17) is 10.5 Å². The number of nitrogens with two attached hydrogens (primary N) is 1. The number of aromatic nitrogens is 2. The molecule has 0 saturated carbocycles. The monoisotopic (exact) mass is 371 g/mol. The second-order valence-corrected chi connectivity index (χ2v) is 6.77. The highest BCUT2D eigenvalue weighted by molar-refractivity contribution is 7.17. The van der Waals surface area contributed by atoms with Crippen LogP contribution in [0.25, 0.3) is 21.3 Å². The highest BCUT2D eigenvalue weighted by Gasteiger charge is 2.18. The summed E-state index contributed by atoms with van der Waals surface area (Å²) in [7, 11) is 0. The van der Waals surface area contributed by atoms with Crippen molar-refractivity contribution in [2.75, 3.05) is 0 Å². The van der Waals surface area contributed by atoms with Crippen molar-refractivity contribution in [1.82, 2.24) is 9.55 Å². The van der Waals surface area contributed by atoms with E-state index in [0.29, 0.717) is 10.2 Å². The average Bonchev–Trinajstić information content (AvgIpc) is 3.02. The molecule has 1 amide bonds. The molecule has 0 bridgehead atoms. The van der Waals surface area contributed by atoms with Gasteiger partial charge in [0.15, 0.2) is 6.10 Å². The van der Waals surface area contributed by atoms with Gasteiger partial charge in [-0.25, -0.2) is 4.98 Å². The Kier molecular flexibility index (Phi) is 4.85. The SMILES string of the molecule is Cc1ccc(-c2csc3ncn(CC(=O)O[C@@H](C)C(N)=O)c(=O)c23)cc1. The molecule has 0 saturated heterocycles. The number of rotatable bonds is 5. The number of hydrogen-bond donors (Lipinski definition) is 1. The lowest BCUT2D eigenvalue weighted by Gasteiger charge is -2.10. The Morgan fingerprint density at radius 3 is 2.65 bits per heavy atom. The van der Waals surface area contributed by atoms with Gasteiger partial charge >= 0.3 is 5.97 Å². The third-order valence-corrected chi connectivity index (χ3v) is 4.82. The van der Waals surface area contributed by atoms with Crippen molar-refractivity contribution in [1.29, 1.82) is 0 Å². The molecule has 0 aliphatic rings. The van der Waals surface area contributed by atoms with Gasteiger partial charge in [0.25, 0.3) is 11.5 Å². The van der Waals surface area contributed by atoms with Gasteiger partial charge in [0, 0.05) is 10.9 Å². The van der Waals surface area contributed by atoms with Crippen LogP contribution in [0, 0.1) is 6.92 Å². The van der Waals surface area contributed by atoms with Crippen molar-refractivity contribution in [3.63, 3.8) is 0 Å². The summed E-state index contributed by atoms with van der Waals surface area (Å²) in [5.41, 5.74) is 7.53. The van der Waals surface area contributed by atoms with Crippen LogP contribution in [-0.4, -0.2) is 27.5 Å². The molecular formula is C18H17N3O4S. The summed E-state index contributed by atoms with van der Waals surface area (Å²) < 4.78 is 6.06. The summed E-state index contributed by atoms with van der Waals surface area (Å²) in [6.07, 6.45) is 0.246. The van der Waals surface area contributed by atoms with Crippen molar-refractivity contribution in [3.05, 3.63) is 51.9 Å². The lowest BCUT2D eigenvalue weighted by molar-refractivity contribution is -0.154. The minimum absolute atomic E-state index is 0.337. The van der Waals surface area contributed by atoms with Crippen LogP contribution in [0.4, 0.5) is 0 Å². The Labute approximate surface area is 153 Å². The first kappa shape index (κ1) is 17.8. The van der Waals surface area contributed by atoms with Crippen molar-refractivity contribution in [2.45, 2.75) is 26.5 Å². The van der Waals surface area contributed by atoms with Gasteiger partial charge in [-0.05, 0) is 19.4 Å². The molecule has 134 valence electrons. The van der Waals surface area contributed by atoms with Crippen LogP contribution in [0.3, 0.4) is 0 Å². The molecule has 8 heteroatoms. The molecule has 0 unspecified atom stereocenters. The number of fused-ring (bicyclic) bond motifs is 1. The Bertz CT molecular complexity index is 1040. The van der Waals surface area contributed by atoms with E-state index in [9.17, 15) is 14.4 Å². The smallest absolute Gasteiger partial charge is 0.326 e. The van der Waals surface area contributed by atoms with Gasteiger partial charge in [-0.1, -0.05) is 29.8 Å². The molecule has 2 heterocycles. The van der Waals surface area contributed by atoms with Gasteiger partial charge in [-0.15, -0.1) is 11.3 Å². The number of aryl methyl sites for hydroxylation is 1. The standard InChI is InChI=1S/C18H17N3O4S/c1-10-3-5-12(6-4-10)13-8-26-17-15(13)18(24)21(9-20-17)7-14(22)25-11(2)16(19)23/h3-6,8-9,11H,7H2,1-2H3,(H2,19,23)/t11-/m0/s1. The molecule has 0 spiro atoms. The maximum atomic E-state index is 12.8. The number of primary amides is 1. The molecule has 0 aliphatic heterocycles. The van der Waals surface area contributed by atoms with E-state index < -0.39 is 18.0 Å². The molecule has 7 nitrogen and oxygen atoms in total. The summed E-state index contributed by atoms with van der Waals surface area (Å²) in [5.74, 6) is -1.48. The molecule has 1 aromatic carbocycles. The first-order valence-electron chi connectivity index (χ1n) is 7.89. The van der Waals surface area contributed by atoms with Crippen molar-refractivity contribution in [3.8, 4) is 11.1 Å². The number of nitrogens with zero attached hydrogens (tertiary/aromatic N) is 2. The maximum absolute atomic E-state index is 12.8. The van der Waals surface area contributed by atoms with E-state index in [0.717, 1.165) is 16.7 Å². The predicted molar refractivity (Wildman–Crippen MR) is 98.8 cm³/mol. The minimum Gasteiger partial charge on any atom is -0.451 e. The van der Waals surface area contributed by atoms with Crippen LogP contribution in [0.15, 0.2) is 40.8 Å². The molecule has 3 aromatic rings. The fraction of sp³-hybridized carbons (Fsp3) is 0.222. The van der Waals surface area contributed by atoms with E-state index in [2.05, 4.69) is 4.98 Å². The number of esters is 1. The highest BCUT2D eigenvalue weighted by atomic mass is 32.1. The number of carbonyl (C=O) groups is 2. The first-order chi connectivity index (χ1) is 12.4. The molecule has 2 N–H and O–H groups in total. The van der Waals surface area contributed by atoms with E-state index in [1.807, 2.05) is 36.6 Å². The summed E-state index contributed by atoms with van der Waals surface area (Å²) in [5, 5.41) is 2.33. The van der Waals surface area contributed by atoms with Crippen molar-refractivity contribution in [2.24, 2.45) is 5.73 Å². The fourth-order valence-electron chi connectivity index (χ4n) is 2.46. The maximum Gasteiger partial charge on any atom is 0.326 e. The molecule has 1 atom stereocenters. The third kappa shape index (κ3) is 3.50. The number of thiophene rings is 1. The van der Waals surface area contributed by atoms with Gasteiger partial charge < -0.3 is 10.5 Å². The van der Waals surface area contributed by atoms with Gasteiger partial charge in [-0.2, -0.15) is 0 Å². The van der Waals surface area contributed by atoms with Crippen LogP contribution >= 0.6 is 11.3 Å². The van der Waals surface area contributed by atoms with Gasteiger partial charge in [0.1, 0.15) is 11.4 Å². The molecule has 2 aromatic heterocycles. The Morgan fingerprint density at radius 2 is 2.00 bits per heavy atom. The normalized spacial score (nSPS) is 12.1. The zero-order valence-electron chi connectivity index (χ0n) is 14.3. The van der Waals surface area contributed by atoms with Gasteiger partial charge in [0.05, 0.1) is 11.7 Å². The van der Waals surface area contributed by atoms with Gasteiger partial charge in [0.2, 0.25) is 0 Å². The minimum atomic E-state index is -1.06. The van der Waals surface area contributed by atoms with Crippen molar-refractivity contribution >= 4 is 33.4 Å². The lowest BCUT2D eigenvalue weighted by atomic mass is 10.1. The number of benzene rings is 1. The first-order valence-corrected chi connectivity index (χ1v) is 8.77. The number of amides is 1. The summed E-state index contributed by atoms with van der Waals surface area (Å²) >= 11 is 1.37. The predicted octanol–water partition coefficient (Wildman–Crippen LogP) is 1.85. The average molecular weight is 371 g/mol. The van der Waals surface area contributed by atoms with Crippen molar-refractivity contribution < 1.29 is 14.3 Å². The number of hydrogen-bond acceptors (Lipinski definition) is 6. The zero-order chi connectivity index (χ0) is 18.8. The summed E-state index contributed by atoms with van der Waals surface area (Å²) in [6.45, 7) is 3.02. The van der Waals surface area contributed by atoms with Crippen LogP contribution < -0.4 is 11.3 Å².